The van der Waals surface area contributed by atoms with Crippen molar-refractivity contribution in [2.45, 2.75) is 50.8 Å². The molecule has 0 aromatic heterocycles. The van der Waals surface area contributed by atoms with E-state index in [0.29, 0.717) is 0 Å². The summed E-state index contributed by atoms with van der Waals surface area (Å²) in [5.74, 6) is -5.44. The Labute approximate surface area is 203 Å². The topological polar surface area (TPSA) is 202 Å². The number of carboxylic acid groups (broad SMARTS) is 2. The molecule has 6 N–H and O–H groups in total. The summed E-state index contributed by atoms with van der Waals surface area (Å²) in [6.07, 6.45) is -1.50. The lowest BCUT2D eigenvalue weighted by atomic mass is 10.1. The van der Waals surface area contributed by atoms with Crippen molar-refractivity contribution in [3.8, 4) is 0 Å². The van der Waals surface area contributed by atoms with Gasteiger partial charge in [0.05, 0.1) is 0 Å². The number of nitrogens with two attached hydrogens (primary N) is 1. The van der Waals surface area contributed by atoms with Crippen molar-refractivity contribution in [3.05, 3.63) is 34.3 Å². The van der Waals surface area contributed by atoms with Crippen LogP contribution in [-0.2, 0) is 40.1 Å². The fourth-order valence-electron chi connectivity index (χ4n) is 2.58. The number of rotatable bonds is 15. The van der Waals surface area contributed by atoms with Crippen LogP contribution in [0.4, 0.5) is 0 Å². The average molecular weight is 544 g/mol. The fraction of sp³-hybridized carbons (Fsp3) is 0.429. The summed E-state index contributed by atoms with van der Waals surface area (Å²) in [6.45, 7) is -0.723. The highest BCUT2D eigenvalue weighted by Crippen LogP contribution is 2.12. The van der Waals surface area contributed by atoms with E-state index in [1.54, 1.807) is 24.3 Å². The molecule has 0 fully saturated rings. The van der Waals surface area contributed by atoms with Crippen molar-refractivity contribution in [2.24, 2.45) is 5.73 Å². The van der Waals surface area contributed by atoms with Crippen molar-refractivity contribution < 1.29 is 43.7 Å². The number of ketones is 1. The molecule has 0 saturated heterocycles. The van der Waals surface area contributed by atoms with E-state index in [2.05, 4.69) is 26.6 Å². The lowest BCUT2D eigenvalue weighted by Crippen LogP contribution is -2.48. The Morgan fingerprint density at radius 3 is 2.24 bits per heavy atom. The van der Waals surface area contributed by atoms with Gasteiger partial charge < -0.3 is 31.3 Å². The molecule has 12 nitrogen and oxygen atoms in total. The van der Waals surface area contributed by atoms with Crippen molar-refractivity contribution >= 4 is 51.4 Å². The largest absolute Gasteiger partial charge is 0.480 e. The third-order valence-corrected chi connectivity index (χ3v) is 4.96. The number of carbonyl (C=O) groups is 6. The molecule has 2 atom stereocenters. The number of esters is 1. The normalized spacial score (nSPS) is 12.2. The molecule has 0 spiro atoms. The van der Waals surface area contributed by atoms with Gasteiger partial charge >= 0.3 is 17.9 Å². The quantitative estimate of drug-likeness (QED) is 0.149. The van der Waals surface area contributed by atoms with Gasteiger partial charge in [-0.1, -0.05) is 28.1 Å². The molecule has 1 aromatic rings. The van der Waals surface area contributed by atoms with E-state index >= 15 is 0 Å². The second-order valence-electron chi connectivity index (χ2n) is 7.26. The SMILES string of the molecule is N[C@H](CCC(=O)N[C@@H](CCC(=O)CC(=O)OCc1ccc(Br)cc1)C(=O)NCC(=O)O)C(=O)O. The van der Waals surface area contributed by atoms with E-state index in [-0.39, 0.29) is 32.3 Å². The lowest BCUT2D eigenvalue weighted by Gasteiger charge is -2.18. The van der Waals surface area contributed by atoms with Gasteiger partial charge in [0, 0.05) is 17.3 Å². The summed E-state index contributed by atoms with van der Waals surface area (Å²) >= 11 is 3.28. The Kier molecular flexibility index (Phi) is 12.5. The van der Waals surface area contributed by atoms with Gasteiger partial charge in [-0.15, -0.1) is 0 Å². The van der Waals surface area contributed by atoms with Crippen LogP contribution >= 0.6 is 15.9 Å². The summed E-state index contributed by atoms with van der Waals surface area (Å²) in [5.41, 5.74) is 6.06. The van der Waals surface area contributed by atoms with Crippen LogP contribution in [0.1, 0.15) is 37.7 Å². The molecule has 0 unspecified atom stereocenters. The van der Waals surface area contributed by atoms with Gasteiger partial charge in [0.2, 0.25) is 11.8 Å². The van der Waals surface area contributed by atoms with Gasteiger partial charge in [-0.05, 0) is 30.5 Å². The Morgan fingerprint density at radius 2 is 1.65 bits per heavy atom. The summed E-state index contributed by atoms with van der Waals surface area (Å²) in [7, 11) is 0. The maximum Gasteiger partial charge on any atom is 0.322 e. The number of aliphatic carboxylic acids is 2. The average Bonchev–Trinajstić information content (AvgIpc) is 2.77. The maximum atomic E-state index is 12.2. The van der Waals surface area contributed by atoms with E-state index in [1.807, 2.05) is 0 Å². The zero-order valence-electron chi connectivity index (χ0n) is 18.1. The monoisotopic (exact) mass is 543 g/mol. The number of hydrogen-bond donors (Lipinski definition) is 5. The van der Waals surface area contributed by atoms with E-state index in [4.69, 9.17) is 20.7 Å². The maximum absolute atomic E-state index is 12.2. The van der Waals surface area contributed by atoms with Crippen LogP contribution in [0.2, 0.25) is 0 Å². The molecule has 0 aliphatic heterocycles. The van der Waals surface area contributed by atoms with Gasteiger partial charge in [0.1, 0.15) is 37.4 Å². The van der Waals surface area contributed by atoms with E-state index in [0.717, 1.165) is 10.0 Å². The highest BCUT2D eigenvalue weighted by molar-refractivity contribution is 9.10. The molecule has 1 rings (SSSR count). The molecule has 2 amide bonds. The third-order valence-electron chi connectivity index (χ3n) is 4.43. The minimum absolute atomic E-state index is 0.0197. The van der Waals surface area contributed by atoms with E-state index in [1.165, 1.54) is 0 Å². The van der Waals surface area contributed by atoms with Crippen LogP contribution in [0.25, 0.3) is 0 Å². The summed E-state index contributed by atoms with van der Waals surface area (Å²) in [4.78, 5) is 69.8. The van der Waals surface area contributed by atoms with Gasteiger partial charge in [0.25, 0.3) is 0 Å². The Bertz CT molecular complexity index is 905. The first-order valence-electron chi connectivity index (χ1n) is 10.2. The van der Waals surface area contributed by atoms with Gasteiger partial charge in [-0.2, -0.15) is 0 Å². The lowest BCUT2D eigenvalue weighted by molar-refractivity contribution is -0.147. The first-order chi connectivity index (χ1) is 16.0. The minimum Gasteiger partial charge on any atom is -0.480 e. The second kappa shape index (κ2) is 14.8. The molecular weight excluding hydrogens is 518 g/mol. The summed E-state index contributed by atoms with van der Waals surface area (Å²) < 4.78 is 5.90. The fourth-order valence-corrected chi connectivity index (χ4v) is 2.85. The van der Waals surface area contributed by atoms with Crippen molar-refractivity contribution in [1.29, 1.82) is 0 Å². The molecule has 0 aliphatic rings. The number of carbonyl (C=O) groups excluding carboxylic acids is 4. The van der Waals surface area contributed by atoms with Crippen LogP contribution < -0.4 is 16.4 Å². The first kappa shape index (κ1) is 28.7. The van der Waals surface area contributed by atoms with Gasteiger partial charge in [-0.3, -0.25) is 28.8 Å². The van der Waals surface area contributed by atoms with Crippen LogP contribution in [0, 0.1) is 0 Å². The van der Waals surface area contributed by atoms with Crippen molar-refractivity contribution in [2.75, 3.05) is 6.54 Å². The van der Waals surface area contributed by atoms with Crippen LogP contribution in [0.3, 0.4) is 0 Å². The van der Waals surface area contributed by atoms with Crippen LogP contribution in [-0.4, -0.2) is 64.3 Å². The van der Waals surface area contributed by atoms with E-state index < -0.39 is 60.6 Å². The highest BCUT2D eigenvalue weighted by Gasteiger charge is 2.24. The first-order valence-corrected chi connectivity index (χ1v) is 11.0. The molecule has 34 heavy (non-hydrogen) atoms. The molecule has 0 bridgehead atoms. The molecular formula is C21H26BrN3O9. The highest BCUT2D eigenvalue weighted by atomic mass is 79.9. The van der Waals surface area contributed by atoms with Crippen molar-refractivity contribution in [1.82, 2.24) is 10.6 Å². The molecule has 0 radical (unpaired) electrons. The molecule has 186 valence electrons. The Hall–Kier alpha value is -3.32. The number of hydrogen-bond acceptors (Lipinski definition) is 8. The predicted molar refractivity (Wildman–Crippen MR) is 120 cm³/mol. The summed E-state index contributed by atoms with van der Waals surface area (Å²) in [6, 6.07) is 4.49. The molecule has 0 heterocycles. The van der Waals surface area contributed by atoms with Crippen molar-refractivity contribution in [3.63, 3.8) is 0 Å². The van der Waals surface area contributed by atoms with E-state index in [9.17, 15) is 28.8 Å². The third kappa shape index (κ3) is 12.1. The zero-order valence-corrected chi connectivity index (χ0v) is 19.7. The number of carboxylic acids is 2. The number of ether oxygens (including phenoxy) is 1. The minimum atomic E-state index is -1.31. The molecule has 0 saturated carbocycles. The Morgan fingerprint density at radius 1 is 1.00 bits per heavy atom. The van der Waals surface area contributed by atoms with Gasteiger partial charge in [0.15, 0.2) is 0 Å². The van der Waals surface area contributed by atoms with Crippen LogP contribution in [0.5, 0.6) is 0 Å². The number of halogens is 1. The number of Topliss-reactive ketones (excluding diaryl/α,β-unsaturated/α-hetero) is 1. The zero-order chi connectivity index (χ0) is 25.7. The molecule has 1 aromatic carbocycles. The number of benzene rings is 1. The number of nitrogens with one attached hydrogen (secondary N) is 2. The number of amides is 2. The van der Waals surface area contributed by atoms with Crippen LogP contribution in [0.15, 0.2) is 28.7 Å². The second-order valence-corrected chi connectivity index (χ2v) is 8.17. The predicted octanol–water partition coefficient (Wildman–Crippen LogP) is 0.109. The summed E-state index contributed by atoms with van der Waals surface area (Å²) in [5, 5.41) is 21.9. The Balaban J connectivity index is 2.57. The molecule has 13 heteroatoms. The van der Waals surface area contributed by atoms with Gasteiger partial charge in [-0.25, -0.2) is 0 Å². The standard InChI is InChI=1S/C21H26BrN3O9/c22-13-3-1-12(2-4-13)11-34-19(30)9-14(26)5-7-16(20(31)24-10-18(28)29)25-17(27)8-6-15(23)21(32)33/h1-4,15-16H,5-11,23H2,(H,24,31)(H,25,27)(H,28,29)(H,32,33)/t15-,16+/m1/s1. The molecule has 0 aliphatic carbocycles. The smallest absolute Gasteiger partial charge is 0.322 e.